The predicted octanol–water partition coefficient (Wildman–Crippen LogP) is 3.08. The molecule has 1 spiro atoms. The summed E-state index contributed by atoms with van der Waals surface area (Å²) < 4.78 is 6.24. The summed E-state index contributed by atoms with van der Waals surface area (Å²) in [6, 6.07) is 3.89. The van der Waals surface area contributed by atoms with E-state index in [1.165, 1.54) is 0 Å². The van der Waals surface area contributed by atoms with Crippen LogP contribution in [-0.4, -0.2) is 53.0 Å². The maximum atomic E-state index is 12.3. The lowest BCUT2D eigenvalue weighted by Gasteiger charge is -2.27. The molecular formula is C16H23BrN4O2. The minimum absolute atomic E-state index is 0.158. The van der Waals surface area contributed by atoms with Gasteiger partial charge in [0.2, 0.25) is 0 Å². The first kappa shape index (κ1) is 16.5. The Balaban J connectivity index is 1.62. The Hall–Kier alpha value is -1.37. The smallest absolute Gasteiger partial charge is 0.410 e. The molecule has 1 aromatic heterocycles. The Bertz CT molecular complexity index is 587. The van der Waals surface area contributed by atoms with Crippen LogP contribution in [0.25, 0.3) is 0 Å². The average Bonchev–Trinajstić information content (AvgIpc) is 3.06. The first-order chi connectivity index (χ1) is 10.8. The topological polar surface area (TPSA) is 58.6 Å². The molecular weight excluding hydrogens is 360 g/mol. The summed E-state index contributed by atoms with van der Waals surface area (Å²) in [4.78, 5) is 16.4. The van der Waals surface area contributed by atoms with Crippen LogP contribution in [0, 0.1) is 5.41 Å². The summed E-state index contributed by atoms with van der Waals surface area (Å²) in [5, 5.41) is 8.30. The maximum absolute atomic E-state index is 12.3. The average molecular weight is 383 g/mol. The fraction of sp³-hybridized carbons (Fsp3) is 0.688. The zero-order chi connectivity index (χ0) is 16.7. The van der Waals surface area contributed by atoms with Crippen molar-refractivity contribution in [2.24, 2.45) is 5.41 Å². The van der Waals surface area contributed by atoms with E-state index in [0.717, 1.165) is 49.4 Å². The highest BCUT2D eigenvalue weighted by Gasteiger charge is 2.45. The fourth-order valence-corrected chi connectivity index (χ4v) is 3.57. The number of rotatable bonds is 1. The number of carbonyl (C=O) groups is 1. The van der Waals surface area contributed by atoms with Gasteiger partial charge in [-0.3, -0.25) is 0 Å². The van der Waals surface area contributed by atoms with Crippen LogP contribution in [0.1, 0.15) is 33.6 Å². The molecule has 0 radical (unpaired) electrons. The number of likely N-dealkylation sites (tertiary alicyclic amines) is 1. The highest BCUT2D eigenvalue weighted by molar-refractivity contribution is 9.10. The number of aromatic nitrogens is 2. The largest absolute Gasteiger partial charge is 0.444 e. The van der Waals surface area contributed by atoms with Crippen LogP contribution in [-0.2, 0) is 4.74 Å². The standard InChI is InChI=1S/C16H23BrN4O2/c1-15(2,3)23-14(22)21-9-7-16(11-21)6-8-20(10-16)13-5-4-12(17)18-19-13/h4-5H,6-11H2,1-3H3. The van der Waals surface area contributed by atoms with E-state index in [4.69, 9.17) is 4.74 Å². The number of halogens is 1. The van der Waals surface area contributed by atoms with Crippen LogP contribution < -0.4 is 4.90 Å². The lowest BCUT2D eigenvalue weighted by Crippen LogP contribution is -2.37. The molecule has 3 rings (SSSR count). The van der Waals surface area contributed by atoms with Crippen molar-refractivity contribution in [3.8, 4) is 0 Å². The summed E-state index contributed by atoms with van der Waals surface area (Å²) in [6.07, 6.45) is 1.90. The van der Waals surface area contributed by atoms with E-state index in [1.54, 1.807) is 0 Å². The first-order valence-electron chi connectivity index (χ1n) is 7.99. The summed E-state index contributed by atoms with van der Waals surface area (Å²) in [6.45, 7) is 9.12. The van der Waals surface area contributed by atoms with Gasteiger partial charge >= 0.3 is 6.09 Å². The molecule has 2 saturated heterocycles. The molecule has 2 fully saturated rings. The van der Waals surface area contributed by atoms with Gasteiger partial charge in [0.25, 0.3) is 0 Å². The summed E-state index contributed by atoms with van der Waals surface area (Å²) in [5.74, 6) is 0.904. The zero-order valence-electron chi connectivity index (χ0n) is 13.9. The van der Waals surface area contributed by atoms with Gasteiger partial charge in [0, 0.05) is 31.6 Å². The van der Waals surface area contributed by atoms with Gasteiger partial charge < -0.3 is 14.5 Å². The van der Waals surface area contributed by atoms with E-state index in [2.05, 4.69) is 31.0 Å². The van der Waals surface area contributed by atoms with Gasteiger partial charge in [-0.2, -0.15) is 0 Å². The number of ether oxygens (including phenoxy) is 1. The first-order valence-corrected chi connectivity index (χ1v) is 8.78. The van der Waals surface area contributed by atoms with Crippen LogP contribution in [0.3, 0.4) is 0 Å². The molecule has 1 unspecified atom stereocenters. The quantitative estimate of drug-likeness (QED) is 0.746. The van der Waals surface area contributed by atoms with Gasteiger partial charge in [0.15, 0.2) is 5.82 Å². The molecule has 1 atom stereocenters. The molecule has 0 bridgehead atoms. The third-order valence-corrected chi connectivity index (χ3v) is 4.89. The summed E-state index contributed by atoms with van der Waals surface area (Å²) in [7, 11) is 0. The van der Waals surface area contributed by atoms with Crippen molar-refractivity contribution in [1.82, 2.24) is 15.1 Å². The van der Waals surface area contributed by atoms with E-state index < -0.39 is 5.60 Å². The highest BCUT2D eigenvalue weighted by atomic mass is 79.9. The molecule has 126 valence electrons. The molecule has 0 aliphatic carbocycles. The van der Waals surface area contributed by atoms with E-state index in [1.807, 2.05) is 37.8 Å². The predicted molar refractivity (Wildman–Crippen MR) is 91.4 cm³/mol. The van der Waals surface area contributed by atoms with Gasteiger partial charge in [0.1, 0.15) is 10.2 Å². The van der Waals surface area contributed by atoms with Gasteiger partial charge in [-0.05, 0) is 61.7 Å². The molecule has 7 heteroatoms. The third-order valence-electron chi connectivity index (χ3n) is 4.47. The van der Waals surface area contributed by atoms with Crippen molar-refractivity contribution >= 4 is 27.8 Å². The van der Waals surface area contributed by atoms with Crippen LogP contribution in [0.4, 0.5) is 10.6 Å². The second-order valence-electron chi connectivity index (χ2n) is 7.54. The second-order valence-corrected chi connectivity index (χ2v) is 8.35. The van der Waals surface area contributed by atoms with Crippen molar-refractivity contribution in [2.75, 3.05) is 31.1 Å². The molecule has 1 amide bonds. The highest BCUT2D eigenvalue weighted by Crippen LogP contribution is 2.41. The van der Waals surface area contributed by atoms with Crippen LogP contribution in [0.2, 0.25) is 0 Å². The molecule has 2 aliphatic heterocycles. The molecule has 2 aliphatic rings. The van der Waals surface area contributed by atoms with Crippen molar-refractivity contribution < 1.29 is 9.53 Å². The Labute approximate surface area is 145 Å². The Morgan fingerprint density at radius 3 is 2.61 bits per heavy atom. The maximum Gasteiger partial charge on any atom is 0.410 e. The lowest BCUT2D eigenvalue weighted by atomic mass is 9.86. The van der Waals surface area contributed by atoms with Crippen molar-refractivity contribution in [1.29, 1.82) is 0 Å². The van der Waals surface area contributed by atoms with E-state index >= 15 is 0 Å². The molecule has 1 aromatic rings. The van der Waals surface area contributed by atoms with Gasteiger partial charge in [-0.15, -0.1) is 10.2 Å². The SMILES string of the molecule is CC(C)(C)OC(=O)N1CCC2(CCN(c3ccc(Br)nn3)C2)C1. The Morgan fingerprint density at radius 1 is 1.22 bits per heavy atom. The second kappa shape index (κ2) is 5.92. The molecule has 0 aromatic carbocycles. The van der Waals surface area contributed by atoms with E-state index in [9.17, 15) is 4.79 Å². The number of anilines is 1. The molecule has 23 heavy (non-hydrogen) atoms. The van der Waals surface area contributed by atoms with Gasteiger partial charge in [-0.25, -0.2) is 4.79 Å². The van der Waals surface area contributed by atoms with Crippen LogP contribution in [0.5, 0.6) is 0 Å². The monoisotopic (exact) mass is 382 g/mol. The zero-order valence-corrected chi connectivity index (χ0v) is 15.5. The van der Waals surface area contributed by atoms with Crippen LogP contribution >= 0.6 is 15.9 Å². The van der Waals surface area contributed by atoms with Crippen molar-refractivity contribution in [2.45, 2.75) is 39.2 Å². The van der Waals surface area contributed by atoms with Crippen molar-refractivity contribution in [3.05, 3.63) is 16.7 Å². The number of hydrogen-bond donors (Lipinski definition) is 0. The minimum atomic E-state index is -0.443. The summed E-state index contributed by atoms with van der Waals surface area (Å²) in [5.41, 5.74) is -0.285. The van der Waals surface area contributed by atoms with Crippen molar-refractivity contribution in [3.63, 3.8) is 0 Å². The number of carbonyl (C=O) groups excluding carboxylic acids is 1. The normalized spacial score (nSPS) is 24.5. The van der Waals surface area contributed by atoms with E-state index in [-0.39, 0.29) is 11.5 Å². The Morgan fingerprint density at radius 2 is 1.96 bits per heavy atom. The molecule has 0 N–H and O–H groups in total. The van der Waals surface area contributed by atoms with E-state index in [0.29, 0.717) is 0 Å². The number of nitrogens with zero attached hydrogens (tertiary/aromatic N) is 4. The Kier molecular flexibility index (Phi) is 4.25. The number of amides is 1. The van der Waals surface area contributed by atoms with Gasteiger partial charge in [-0.1, -0.05) is 0 Å². The van der Waals surface area contributed by atoms with Crippen LogP contribution in [0.15, 0.2) is 16.7 Å². The van der Waals surface area contributed by atoms with Gasteiger partial charge in [0.05, 0.1) is 0 Å². The fourth-order valence-electron chi connectivity index (χ4n) is 3.36. The summed E-state index contributed by atoms with van der Waals surface area (Å²) >= 11 is 3.31. The minimum Gasteiger partial charge on any atom is -0.444 e. The molecule has 0 saturated carbocycles. The molecule has 3 heterocycles. The molecule has 6 nitrogen and oxygen atoms in total. The third kappa shape index (κ3) is 3.76. The number of hydrogen-bond acceptors (Lipinski definition) is 5. The lowest BCUT2D eigenvalue weighted by molar-refractivity contribution is 0.0276.